The summed E-state index contributed by atoms with van der Waals surface area (Å²) in [5.74, 6) is 0.614. The van der Waals surface area contributed by atoms with E-state index < -0.39 is 0 Å². The topological polar surface area (TPSA) is 50.4 Å². The highest BCUT2D eigenvalue weighted by molar-refractivity contribution is 5.78. The van der Waals surface area contributed by atoms with E-state index in [0.717, 1.165) is 17.7 Å². The summed E-state index contributed by atoms with van der Waals surface area (Å²) in [6.45, 7) is 0. The number of hydrogen-bond acceptors (Lipinski definition) is 4. The third kappa shape index (κ3) is 2.79. The summed E-state index contributed by atoms with van der Waals surface area (Å²) in [7, 11) is 1.57. The highest BCUT2D eigenvalue weighted by Gasteiger charge is 2.03. The molecule has 2 N–H and O–H groups in total. The molecule has 0 radical (unpaired) electrons. The Morgan fingerprint density at radius 2 is 1.83 bits per heavy atom. The van der Waals surface area contributed by atoms with Crippen molar-refractivity contribution in [1.82, 2.24) is 0 Å². The highest BCUT2D eigenvalue weighted by Crippen LogP contribution is 2.25. The van der Waals surface area contributed by atoms with Crippen molar-refractivity contribution in [2.45, 2.75) is 0 Å². The second-order valence-electron chi connectivity index (χ2n) is 3.69. The van der Waals surface area contributed by atoms with Gasteiger partial charge in [0.2, 0.25) is 0 Å². The van der Waals surface area contributed by atoms with Crippen molar-refractivity contribution in [3.63, 3.8) is 0 Å². The summed E-state index contributed by atoms with van der Waals surface area (Å²) in [4.78, 5) is 10.7. The van der Waals surface area contributed by atoms with Crippen LogP contribution in [0.5, 0.6) is 5.75 Å². The van der Waals surface area contributed by atoms with Gasteiger partial charge in [0, 0.05) is 5.56 Å². The van der Waals surface area contributed by atoms with E-state index >= 15 is 0 Å². The molecule has 0 aliphatic rings. The molecule has 92 valence electrons. The van der Waals surface area contributed by atoms with Gasteiger partial charge in [0.1, 0.15) is 12.0 Å². The number of carbonyl (C=O) groups excluding carboxylic acids is 1. The van der Waals surface area contributed by atoms with Crippen molar-refractivity contribution in [2.75, 3.05) is 18.0 Å². The number of anilines is 2. The Bertz CT molecular complexity index is 527. The average Bonchev–Trinajstić information content (AvgIpc) is 2.46. The van der Waals surface area contributed by atoms with Crippen molar-refractivity contribution in [3.8, 4) is 5.75 Å². The van der Waals surface area contributed by atoms with E-state index in [4.69, 9.17) is 4.74 Å². The fraction of sp³-hybridized carbons (Fsp3) is 0.0714. The van der Waals surface area contributed by atoms with Gasteiger partial charge in [-0.1, -0.05) is 18.2 Å². The van der Waals surface area contributed by atoms with Crippen LogP contribution in [0.25, 0.3) is 0 Å². The minimum atomic E-state index is 0.581. The Kier molecular flexibility index (Phi) is 3.81. The maximum absolute atomic E-state index is 10.7. The van der Waals surface area contributed by atoms with Crippen molar-refractivity contribution in [3.05, 3.63) is 54.1 Å². The van der Waals surface area contributed by atoms with Crippen molar-refractivity contribution < 1.29 is 9.53 Å². The number of benzene rings is 2. The Morgan fingerprint density at radius 1 is 1.06 bits per heavy atom. The van der Waals surface area contributed by atoms with Gasteiger partial charge in [0.05, 0.1) is 18.5 Å². The molecule has 2 aromatic rings. The van der Waals surface area contributed by atoms with E-state index in [1.807, 2.05) is 30.3 Å². The lowest BCUT2D eigenvalue weighted by atomic mass is 10.2. The van der Waals surface area contributed by atoms with E-state index in [1.54, 1.807) is 25.3 Å². The molecule has 18 heavy (non-hydrogen) atoms. The maximum atomic E-state index is 10.7. The van der Waals surface area contributed by atoms with Crippen LogP contribution in [-0.2, 0) is 0 Å². The van der Waals surface area contributed by atoms with Crippen LogP contribution in [-0.4, -0.2) is 13.4 Å². The molecule has 0 unspecified atom stereocenters. The summed E-state index contributed by atoms with van der Waals surface area (Å²) in [6, 6.07) is 14.9. The van der Waals surface area contributed by atoms with E-state index in [-0.39, 0.29) is 0 Å². The first-order chi connectivity index (χ1) is 8.83. The van der Waals surface area contributed by atoms with Gasteiger partial charge in [0.25, 0.3) is 0 Å². The number of carbonyl (C=O) groups is 1. The predicted molar refractivity (Wildman–Crippen MR) is 72.1 cm³/mol. The molecule has 0 aliphatic carbocycles. The lowest BCUT2D eigenvalue weighted by Crippen LogP contribution is -2.09. The van der Waals surface area contributed by atoms with Crippen molar-refractivity contribution >= 4 is 17.7 Å². The van der Waals surface area contributed by atoms with Gasteiger partial charge in [0.15, 0.2) is 0 Å². The van der Waals surface area contributed by atoms with Gasteiger partial charge in [-0.05, 0) is 30.3 Å². The first-order valence-electron chi connectivity index (χ1n) is 5.54. The van der Waals surface area contributed by atoms with E-state index in [2.05, 4.69) is 10.9 Å². The molecule has 0 saturated carbocycles. The number of hydrazine groups is 1. The number of rotatable bonds is 5. The minimum Gasteiger partial charge on any atom is -0.494 e. The molecule has 0 aromatic heterocycles. The third-order valence-corrected chi connectivity index (χ3v) is 2.48. The molecule has 2 aromatic carbocycles. The Morgan fingerprint density at radius 3 is 2.50 bits per heavy atom. The van der Waals surface area contributed by atoms with E-state index in [0.29, 0.717) is 11.3 Å². The van der Waals surface area contributed by atoms with Gasteiger partial charge < -0.3 is 10.2 Å². The normalized spacial score (nSPS) is 9.61. The molecule has 0 amide bonds. The highest BCUT2D eigenvalue weighted by atomic mass is 16.5. The van der Waals surface area contributed by atoms with Crippen LogP contribution in [0, 0.1) is 0 Å². The quantitative estimate of drug-likeness (QED) is 0.625. The van der Waals surface area contributed by atoms with Gasteiger partial charge in [-0.3, -0.25) is 10.2 Å². The molecule has 0 aliphatic heterocycles. The molecule has 0 atom stereocenters. The summed E-state index contributed by atoms with van der Waals surface area (Å²) < 4.78 is 5.21. The number of aldehydes is 1. The lowest BCUT2D eigenvalue weighted by molar-refractivity contribution is 0.112. The SMILES string of the molecule is COc1cc(C=O)ccc1NNc1ccccc1. The predicted octanol–water partition coefficient (Wildman–Crippen LogP) is 2.95. The number of ether oxygens (including phenoxy) is 1. The minimum absolute atomic E-state index is 0.581. The zero-order chi connectivity index (χ0) is 12.8. The Hall–Kier alpha value is -2.49. The zero-order valence-corrected chi connectivity index (χ0v) is 10.0. The first-order valence-corrected chi connectivity index (χ1v) is 5.54. The van der Waals surface area contributed by atoms with Crippen LogP contribution in [0.4, 0.5) is 11.4 Å². The number of hydrogen-bond donors (Lipinski definition) is 2. The molecule has 4 heteroatoms. The molecule has 0 bridgehead atoms. The average molecular weight is 242 g/mol. The smallest absolute Gasteiger partial charge is 0.150 e. The first kappa shape index (κ1) is 12.0. The molecule has 0 spiro atoms. The van der Waals surface area contributed by atoms with E-state index in [9.17, 15) is 4.79 Å². The summed E-state index contributed by atoms with van der Waals surface area (Å²) in [5.41, 5.74) is 8.39. The number of nitrogens with one attached hydrogen (secondary N) is 2. The van der Waals surface area contributed by atoms with Crippen LogP contribution >= 0.6 is 0 Å². The van der Waals surface area contributed by atoms with Gasteiger partial charge in [-0.15, -0.1) is 0 Å². The maximum Gasteiger partial charge on any atom is 0.150 e. The molecule has 2 rings (SSSR count). The van der Waals surface area contributed by atoms with Gasteiger partial charge in [-0.2, -0.15) is 0 Å². The second kappa shape index (κ2) is 5.72. The van der Waals surface area contributed by atoms with Crippen molar-refractivity contribution in [1.29, 1.82) is 0 Å². The molecular weight excluding hydrogens is 228 g/mol. The number of para-hydroxylation sites is 1. The monoisotopic (exact) mass is 242 g/mol. The molecule has 0 saturated heterocycles. The molecule has 0 heterocycles. The van der Waals surface area contributed by atoms with Crippen LogP contribution < -0.4 is 15.6 Å². The third-order valence-electron chi connectivity index (χ3n) is 2.48. The molecule has 0 fully saturated rings. The van der Waals surface area contributed by atoms with Gasteiger partial charge in [-0.25, -0.2) is 0 Å². The van der Waals surface area contributed by atoms with Crippen LogP contribution in [0.15, 0.2) is 48.5 Å². The molecule has 4 nitrogen and oxygen atoms in total. The summed E-state index contributed by atoms with van der Waals surface area (Å²) in [6.07, 6.45) is 0.789. The van der Waals surface area contributed by atoms with Crippen LogP contribution in [0.1, 0.15) is 10.4 Å². The standard InChI is InChI=1S/C14H14N2O2/c1-18-14-9-11(10-17)7-8-13(14)16-15-12-5-3-2-4-6-12/h2-10,15-16H,1H3. The van der Waals surface area contributed by atoms with Crippen molar-refractivity contribution in [2.24, 2.45) is 0 Å². The fourth-order valence-electron chi connectivity index (χ4n) is 1.55. The summed E-state index contributed by atoms with van der Waals surface area (Å²) in [5, 5.41) is 0. The van der Waals surface area contributed by atoms with Crippen LogP contribution in [0.2, 0.25) is 0 Å². The fourth-order valence-corrected chi connectivity index (χ4v) is 1.55. The largest absolute Gasteiger partial charge is 0.494 e. The summed E-state index contributed by atoms with van der Waals surface area (Å²) >= 11 is 0. The van der Waals surface area contributed by atoms with Gasteiger partial charge >= 0.3 is 0 Å². The Labute approximate surface area is 106 Å². The lowest BCUT2D eigenvalue weighted by Gasteiger charge is -2.13. The Balaban J connectivity index is 2.11. The second-order valence-corrected chi connectivity index (χ2v) is 3.69. The molecular formula is C14H14N2O2. The van der Waals surface area contributed by atoms with E-state index in [1.165, 1.54) is 0 Å². The number of methoxy groups -OCH3 is 1. The van der Waals surface area contributed by atoms with Crippen LogP contribution in [0.3, 0.4) is 0 Å². The zero-order valence-electron chi connectivity index (χ0n) is 10.0.